The highest BCUT2D eigenvalue weighted by Gasteiger charge is 2.34. The molecule has 0 fully saturated rings. The Morgan fingerprint density at radius 3 is 3.18 bits per heavy atom. The molecule has 2 atom stereocenters. The number of anilines is 1. The summed E-state index contributed by atoms with van der Waals surface area (Å²) in [6, 6.07) is 8.18. The Balaban J connectivity index is 1.84. The van der Waals surface area contributed by atoms with Gasteiger partial charge in [0, 0.05) is 17.0 Å². The first-order valence-electron chi connectivity index (χ1n) is 5.46. The van der Waals surface area contributed by atoms with Crippen LogP contribution in [0.25, 0.3) is 0 Å². The molecule has 17 heavy (non-hydrogen) atoms. The molecule has 0 aliphatic carbocycles. The zero-order chi connectivity index (χ0) is 11.7. The smallest absolute Gasteiger partial charge is 0.206 e. The fourth-order valence-corrected chi connectivity index (χ4v) is 2.54. The first-order valence-corrected chi connectivity index (χ1v) is 6.45. The molecule has 0 bridgehead atoms. The van der Waals surface area contributed by atoms with Gasteiger partial charge in [-0.25, -0.2) is 4.99 Å². The van der Waals surface area contributed by atoms with Crippen molar-refractivity contribution >= 4 is 22.6 Å². The average Bonchev–Trinajstić information content (AvgIpc) is 2.74. The van der Waals surface area contributed by atoms with Crippen LogP contribution < -0.4 is 5.32 Å². The van der Waals surface area contributed by atoms with E-state index in [0.29, 0.717) is 0 Å². The van der Waals surface area contributed by atoms with Crippen molar-refractivity contribution in [1.29, 1.82) is 0 Å². The van der Waals surface area contributed by atoms with Gasteiger partial charge in [-0.2, -0.15) is 5.11 Å². The summed E-state index contributed by atoms with van der Waals surface area (Å²) in [6.07, 6.45) is 1.84. The molecule has 86 valence electrons. The lowest BCUT2D eigenvalue weighted by molar-refractivity contribution is 0.600. The lowest BCUT2D eigenvalue weighted by atomic mass is 10.1. The van der Waals surface area contributed by atoms with E-state index < -0.39 is 0 Å². The number of rotatable bonds is 2. The van der Waals surface area contributed by atoms with E-state index in [1.54, 1.807) is 11.8 Å². The lowest BCUT2D eigenvalue weighted by Crippen LogP contribution is -2.20. The highest BCUT2D eigenvalue weighted by molar-refractivity contribution is 8.14. The minimum Gasteiger partial charge on any atom is -0.361 e. The van der Waals surface area contributed by atoms with Crippen molar-refractivity contribution in [3.8, 4) is 0 Å². The molecule has 0 unspecified atom stereocenters. The molecule has 0 spiro atoms. The molecular weight excluding hydrogens is 232 g/mol. The second-order valence-electron chi connectivity index (χ2n) is 3.85. The van der Waals surface area contributed by atoms with Crippen LogP contribution in [-0.4, -0.2) is 17.1 Å². The monoisotopic (exact) mass is 244 g/mol. The van der Waals surface area contributed by atoms with E-state index in [2.05, 4.69) is 39.2 Å². The number of nitrogens with zero attached hydrogens (tertiary/aromatic N) is 3. The van der Waals surface area contributed by atoms with Gasteiger partial charge in [0.05, 0.1) is 0 Å². The minimum absolute atomic E-state index is 0.00258. The number of fused-ring (bicyclic) bond motifs is 3. The second kappa shape index (κ2) is 4.33. The summed E-state index contributed by atoms with van der Waals surface area (Å²) in [4.78, 5) is 4.56. The number of azo groups is 1. The van der Waals surface area contributed by atoms with Crippen LogP contribution in [0.4, 0.5) is 5.69 Å². The maximum Gasteiger partial charge on any atom is 0.206 e. The molecule has 0 saturated carbocycles. The van der Waals surface area contributed by atoms with Crippen LogP contribution in [0.2, 0.25) is 0 Å². The minimum atomic E-state index is -0.00258. The van der Waals surface area contributed by atoms with Crippen molar-refractivity contribution in [2.45, 2.75) is 12.2 Å². The van der Waals surface area contributed by atoms with E-state index in [4.69, 9.17) is 0 Å². The molecule has 0 amide bonds. The van der Waals surface area contributed by atoms with Crippen LogP contribution in [-0.2, 0) is 0 Å². The summed E-state index contributed by atoms with van der Waals surface area (Å²) in [5, 5.41) is 12.6. The number of amidine groups is 1. The van der Waals surface area contributed by atoms with Crippen molar-refractivity contribution in [2.24, 2.45) is 15.2 Å². The predicted molar refractivity (Wildman–Crippen MR) is 71.5 cm³/mol. The van der Waals surface area contributed by atoms with E-state index >= 15 is 0 Å². The van der Waals surface area contributed by atoms with E-state index in [-0.39, 0.29) is 12.2 Å². The first kappa shape index (κ1) is 10.5. The maximum atomic E-state index is 4.56. The molecule has 0 radical (unpaired) electrons. The van der Waals surface area contributed by atoms with Crippen molar-refractivity contribution in [3.05, 3.63) is 42.5 Å². The maximum absolute atomic E-state index is 4.56. The molecule has 1 aromatic carbocycles. The molecular formula is C12H12N4S. The number of para-hydroxylation sites is 1. The summed E-state index contributed by atoms with van der Waals surface area (Å²) < 4.78 is 0. The van der Waals surface area contributed by atoms with Gasteiger partial charge in [0.15, 0.2) is 6.17 Å². The molecule has 0 aromatic heterocycles. The summed E-state index contributed by atoms with van der Waals surface area (Å²) in [6.45, 7) is 3.68. The van der Waals surface area contributed by atoms with Crippen LogP contribution in [0.5, 0.6) is 0 Å². The van der Waals surface area contributed by atoms with E-state index in [1.165, 1.54) is 5.56 Å². The van der Waals surface area contributed by atoms with Crippen LogP contribution in [0.15, 0.2) is 52.1 Å². The Labute approximate surface area is 104 Å². The fourth-order valence-electron chi connectivity index (χ4n) is 1.98. The Kier molecular flexibility index (Phi) is 2.68. The van der Waals surface area contributed by atoms with Gasteiger partial charge in [-0.1, -0.05) is 36.0 Å². The zero-order valence-corrected chi connectivity index (χ0v) is 10.0. The van der Waals surface area contributed by atoms with Gasteiger partial charge < -0.3 is 5.32 Å². The topological polar surface area (TPSA) is 49.1 Å². The molecule has 1 N–H and O–H groups in total. The average molecular weight is 244 g/mol. The van der Waals surface area contributed by atoms with Crippen LogP contribution >= 0.6 is 11.8 Å². The van der Waals surface area contributed by atoms with Gasteiger partial charge >= 0.3 is 0 Å². The second-order valence-corrected chi connectivity index (χ2v) is 4.84. The third-order valence-corrected chi connectivity index (χ3v) is 3.58. The van der Waals surface area contributed by atoms with Crippen LogP contribution in [0.3, 0.4) is 0 Å². The molecule has 2 heterocycles. The number of thioether (sulfide) groups is 1. The number of hydrogen-bond donors (Lipinski definition) is 1. The van der Waals surface area contributed by atoms with Crippen LogP contribution in [0, 0.1) is 0 Å². The van der Waals surface area contributed by atoms with Gasteiger partial charge in [-0.15, -0.1) is 11.7 Å². The predicted octanol–water partition coefficient (Wildman–Crippen LogP) is 3.22. The van der Waals surface area contributed by atoms with E-state index in [9.17, 15) is 0 Å². The highest BCUT2D eigenvalue weighted by Crippen LogP contribution is 2.39. The van der Waals surface area contributed by atoms with Gasteiger partial charge in [0.2, 0.25) is 5.17 Å². The summed E-state index contributed by atoms with van der Waals surface area (Å²) in [5.74, 6) is 0.808. The van der Waals surface area contributed by atoms with Crippen molar-refractivity contribution in [3.63, 3.8) is 0 Å². The van der Waals surface area contributed by atoms with E-state index in [0.717, 1.165) is 16.6 Å². The number of benzene rings is 1. The third-order valence-electron chi connectivity index (χ3n) is 2.73. The Morgan fingerprint density at radius 1 is 1.41 bits per heavy atom. The quantitative estimate of drug-likeness (QED) is 0.812. The fraction of sp³-hybridized carbons (Fsp3) is 0.250. The highest BCUT2D eigenvalue weighted by atomic mass is 32.2. The number of aliphatic imine (C=N–C) groups is 1. The van der Waals surface area contributed by atoms with Crippen molar-refractivity contribution in [1.82, 2.24) is 0 Å². The zero-order valence-electron chi connectivity index (χ0n) is 9.21. The number of nitrogens with one attached hydrogen (secondary N) is 1. The molecule has 5 heteroatoms. The van der Waals surface area contributed by atoms with Gasteiger partial charge in [-0.3, -0.25) is 0 Å². The normalized spacial score (nSPS) is 24.6. The molecule has 3 rings (SSSR count). The van der Waals surface area contributed by atoms with Crippen molar-refractivity contribution < 1.29 is 0 Å². The Bertz CT molecular complexity index is 509. The number of hydrogen-bond acceptors (Lipinski definition) is 5. The first-order chi connectivity index (χ1) is 8.38. The Hall–Kier alpha value is -1.62. The summed E-state index contributed by atoms with van der Waals surface area (Å²) >= 11 is 1.56. The van der Waals surface area contributed by atoms with Gasteiger partial charge in [0.1, 0.15) is 6.04 Å². The van der Waals surface area contributed by atoms with Gasteiger partial charge in [0.25, 0.3) is 0 Å². The molecule has 0 saturated heterocycles. The summed E-state index contributed by atoms with van der Waals surface area (Å²) in [7, 11) is 0. The SMILES string of the molecule is C=CCSC1=N[C@H]2Nc3ccccc3[C@@H]2N=N1. The van der Waals surface area contributed by atoms with Crippen LogP contribution in [0.1, 0.15) is 11.6 Å². The molecule has 4 nitrogen and oxygen atoms in total. The third kappa shape index (κ3) is 1.86. The Morgan fingerprint density at radius 2 is 2.29 bits per heavy atom. The molecule has 2 aliphatic heterocycles. The lowest BCUT2D eigenvalue weighted by Gasteiger charge is -2.16. The van der Waals surface area contributed by atoms with Crippen molar-refractivity contribution in [2.75, 3.05) is 11.1 Å². The molecule has 2 aliphatic rings. The largest absolute Gasteiger partial charge is 0.361 e. The standard InChI is InChI=1S/C12H12N4S/c1-2-7-17-12-14-11-10(15-16-12)8-5-3-4-6-9(8)13-11/h2-6,10-11,13H,1,7H2/t10-,11+/m0/s1. The molecule has 1 aromatic rings. The summed E-state index contributed by atoms with van der Waals surface area (Å²) in [5.41, 5.74) is 2.29. The van der Waals surface area contributed by atoms with E-state index in [1.807, 2.05) is 18.2 Å². The van der Waals surface area contributed by atoms with Gasteiger partial charge in [-0.05, 0) is 6.07 Å².